The van der Waals surface area contributed by atoms with Crippen LogP contribution in [0.3, 0.4) is 0 Å². The van der Waals surface area contributed by atoms with Gasteiger partial charge in [-0.05, 0) is 29.8 Å². The van der Waals surface area contributed by atoms with Crippen LogP contribution in [0.25, 0.3) is 0 Å². The van der Waals surface area contributed by atoms with Gasteiger partial charge in [0.2, 0.25) is 0 Å². The second-order valence-electron chi connectivity index (χ2n) is 4.34. The highest BCUT2D eigenvalue weighted by Gasteiger charge is 2.01. The number of nitriles is 1. The highest BCUT2D eigenvalue weighted by molar-refractivity contribution is 5.51. The molecule has 0 bridgehead atoms. The fraction of sp³-hybridized carbons (Fsp3) is 0.250. The number of hydrogen-bond donors (Lipinski definition) is 1. The predicted molar refractivity (Wildman–Crippen MR) is 80.1 cm³/mol. The topological polar surface area (TPSA) is 67.2 Å². The molecule has 1 aromatic carbocycles. The van der Waals surface area contributed by atoms with Crippen molar-refractivity contribution < 1.29 is 9.47 Å². The number of aromatic nitrogens is 1. The van der Waals surface area contributed by atoms with Gasteiger partial charge in [0.15, 0.2) is 0 Å². The smallest absolute Gasteiger partial charge is 0.143 e. The quantitative estimate of drug-likeness (QED) is 0.791. The van der Waals surface area contributed by atoms with Crippen LogP contribution in [-0.4, -0.2) is 25.2 Å². The van der Waals surface area contributed by atoms with E-state index in [1.54, 1.807) is 25.4 Å². The second kappa shape index (κ2) is 7.88. The monoisotopic (exact) mass is 283 g/mol. The molecule has 5 nitrogen and oxygen atoms in total. The van der Waals surface area contributed by atoms with E-state index in [2.05, 4.69) is 16.4 Å². The summed E-state index contributed by atoms with van der Waals surface area (Å²) in [5.41, 5.74) is 1.59. The van der Waals surface area contributed by atoms with Gasteiger partial charge in [-0.3, -0.25) is 0 Å². The molecule has 0 radical (unpaired) electrons. The molecule has 0 atom stereocenters. The maximum atomic E-state index is 8.95. The third-order valence-electron chi connectivity index (χ3n) is 2.87. The fourth-order valence-electron chi connectivity index (χ4n) is 1.83. The summed E-state index contributed by atoms with van der Waals surface area (Å²) in [5.74, 6) is 1.41. The zero-order valence-corrected chi connectivity index (χ0v) is 11.9. The lowest BCUT2D eigenvalue weighted by molar-refractivity contribution is 0.130. The van der Waals surface area contributed by atoms with E-state index >= 15 is 0 Å². The molecule has 5 heteroatoms. The Morgan fingerprint density at radius 2 is 2.19 bits per heavy atom. The molecule has 0 unspecified atom stereocenters. The van der Waals surface area contributed by atoms with E-state index in [-0.39, 0.29) is 0 Å². The summed E-state index contributed by atoms with van der Waals surface area (Å²) < 4.78 is 10.7. The summed E-state index contributed by atoms with van der Waals surface area (Å²) in [6.07, 6.45) is 1.65. The van der Waals surface area contributed by atoms with E-state index in [9.17, 15) is 0 Å². The van der Waals surface area contributed by atoms with E-state index < -0.39 is 0 Å². The largest absolute Gasteiger partial charge is 0.497 e. The third kappa shape index (κ3) is 4.48. The Kier molecular flexibility index (Phi) is 5.56. The fourth-order valence-corrected chi connectivity index (χ4v) is 1.83. The molecule has 21 heavy (non-hydrogen) atoms. The third-order valence-corrected chi connectivity index (χ3v) is 2.87. The van der Waals surface area contributed by atoms with E-state index in [0.29, 0.717) is 31.1 Å². The van der Waals surface area contributed by atoms with Crippen molar-refractivity contribution in [3.8, 4) is 11.8 Å². The predicted octanol–water partition coefficient (Wildman–Crippen LogP) is 2.59. The highest BCUT2D eigenvalue weighted by atomic mass is 16.5. The van der Waals surface area contributed by atoms with Crippen molar-refractivity contribution in [1.82, 2.24) is 4.98 Å². The van der Waals surface area contributed by atoms with Crippen LogP contribution in [0, 0.1) is 11.3 Å². The van der Waals surface area contributed by atoms with Crippen molar-refractivity contribution in [3.05, 3.63) is 53.7 Å². The van der Waals surface area contributed by atoms with Crippen molar-refractivity contribution in [2.45, 2.75) is 6.61 Å². The van der Waals surface area contributed by atoms with Crippen molar-refractivity contribution in [2.24, 2.45) is 0 Å². The lowest BCUT2D eigenvalue weighted by Gasteiger charge is -2.08. The van der Waals surface area contributed by atoms with Crippen molar-refractivity contribution in [1.29, 1.82) is 5.26 Å². The summed E-state index contributed by atoms with van der Waals surface area (Å²) >= 11 is 0. The maximum absolute atomic E-state index is 8.95. The van der Waals surface area contributed by atoms with Gasteiger partial charge in [-0.1, -0.05) is 12.1 Å². The Morgan fingerprint density at radius 3 is 3.00 bits per heavy atom. The Morgan fingerprint density at radius 1 is 1.29 bits per heavy atom. The lowest BCUT2D eigenvalue weighted by Crippen LogP contribution is -2.11. The molecule has 0 aliphatic heterocycles. The molecule has 0 fully saturated rings. The summed E-state index contributed by atoms with van der Waals surface area (Å²) in [7, 11) is 1.64. The molecule has 1 N–H and O–H groups in total. The van der Waals surface area contributed by atoms with Crippen molar-refractivity contribution >= 4 is 5.82 Å². The number of nitrogens with zero attached hydrogens (tertiary/aromatic N) is 2. The van der Waals surface area contributed by atoms with Gasteiger partial charge < -0.3 is 14.8 Å². The molecule has 1 heterocycles. The van der Waals surface area contributed by atoms with Crippen molar-refractivity contribution in [2.75, 3.05) is 25.6 Å². The number of pyridine rings is 1. The molecule has 0 aliphatic carbocycles. The SMILES string of the molecule is COc1cccc(COCCNc2ncccc2C#N)c1. The number of hydrogen-bond acceptors (Lipinski definition) is 5. The second-order valence-corrected chi connectivity index (χ2v) is 4.34. The molecule has 0 amide bonds. The molecule has 0 saturated heterocycles. The van der Waals surface area contributed by atoms with Gasteiger partial charge in [0.05, 0.1) is 25.9 Å². The number of nitrogens with one attached hydrogen (secondary N) is 1. The summed E-state index contributed by atoms with van der Waals surface area (Å²) in [6, 6.07) is 13.3. The van der Waals surface area contributed by atoms with Gasteiger partial charge in [0.1, 0.15) is 17.6 Å². The molecular formula is C16H17N3O2. The number of anilines is 1. The molecule has 108 valence electrons. The van der Waals surface area contributed by atoms with Crippen LogP contribution in [0.15, 0.2) is 42.6 Å². The number of methoxy groups -OCH3 is 1. The molecule has 2 rings (SSSR count). The van der Waals surface area contributed by atoms with Crippen LogP contribution >= 0.6 is 0 Å². The first-order valence-electron chi connectivity index (χ1n) is 6.63. The zero-order chi connectivity index (χ0) is 14.9. The molecule has 1 aromatic heterocycles. The summed E-state index contributed by atoms with van der Waals surface area (Å²) in [5, 5.41) is 12.0. The van der Waals surface area contributed by atoms with Crippen molar-refractivity contribution in [3.63, 3.8) is 0 Å². The van der Waals surface area contributed by atoms with E-state index in [1.807, 2.05) is 24.3 Å². The first kappa shape index (κ1) is 14.8. The first-order chi connectivity index (χ1) is 10.3. The minimum atomic E-state index is 0.520. The van der Waals surface area contributed by atoms with Gasteiger partial charge in [-0.2, -0.15) is 5.26 Å². The van der Waals surface area contributed by atoms with Crippen LogP contribution in [0.2, 0.25) is 0 Å². The van der Waals surface area contributed by atoms with E-state index in [0.717, 1.165) is 11.3 Å². The first-order valence-corrected chi connectivity index (χ1v) is 6.63. The highest BCUT2D eigenvalue weighted by Crippen LogP contribution is 2.13. The normalized spacial score (nSPS) is 9.90. The van der Waals surface area contributed by atoms with Crippen LogP contribution in [-0.2, 0) is 11.3 Å². The minimum absolute atomic E-state index is 0.520. The maximum Gasteiger partial charge on any atom is 0.143 e. The average Bonchev–Trinajstić information content (AvgIpc) is 2.55. The molecule has 0 spiro atoms. The van der Waals surface area contributed by atoms with Gasteiger partial charge in [-0.25, -0.2) is 4.98 Å². The summed E-state index contributed by atoms with van der Waals surface area (Å²) in [6.45, 7) is 1.64. The zero-order valence-electron chi connectivity index (χ0n) is 11.9. The Labute approximate surface area is 124 Å². The van der Waals surface area contributed by atoms with Gasteiger partial charge >= 0.3 is 0 Å². The molecular weight excluding hydrogens is 266 g/mol. The Balaban J connectivity index is 1.74. The molecule has 2 aromatic rings. The van der Waals surface area contributed by atoms with E-state index in [4.69, 9.17) is 14.7 Å². The standard InChI is InChI=1S/C16H17N3O2/c1-20-15-6-2-4-13(10-15)12-21-9-8-19-16-14(11-17)5-3-7-18-16/h2-7,10H,8-9,12H2,1H3,(H,18,19). The van der Waals surface area contributed by atoms with Gasteiger partial charge in [-0.15, -0.1) is 0 Å². The van der Waals surface area contributed by atoms with Gasteiger partial charge in [0.25, 0.3) is 0 Å². The van der Waals surface area contributed by atoms with E-state index in [1.165, 1.54) is 0 Å². The number of ether oxygens (including phenoxy) is 2. The number of rotatable bonds is 7. The van der Waals surface area contributed by atoms with Crippen LogP contribution in [0.1, 0.15) is 11.1 Å². The molecule has 0 saturated carbocycles. The van der Waals surface area contributed by atoms with Crippen LogP contribution < -0.4 is 10.1 Å². The minimum Gasteiger partial charge on any atom is -0.497 e. The van der Waals surface area contributed by atoms with Crippen LogP contribution in [0.5, 0.6) is 5.75 Å². The molecule has 0 aliphatic rings. The Bertz CT molecular complexity index is 623. The number of benzene rings is 1. The van der Waals surface area contributed by atoms with Crippen LogP contribution in [0.4, 0.5) is 5.82 Å². The summed E-state index contributed by atoms with van der Waals surface area (Å²) in [4.78, 5) is 4.12. The average molecular weight is 283 g/mol. The van der Waals surface area contributed by atoms with Gasteiger partial charge in [0, 0.05) is 12.7 Å². The Hall–Kier alpha value is -2.58. The lowest BCUT2D eigenvalue weighted by atomic mass is 10.2.